The predicted octanol–water partition coefficient (Wildman–Crippen LogP) is 7.56. The number of carbonyl (C=O) groups excluding carboxylic acids is 2. The lowest BCUT2D eigenvalue weighted by molar-refractivity contribution is -0.127. The number of fused-ring (bicyclic) bond motifs is 1. The first kappa shape index (κ1) is 29.2. The van der Waals surface area contributed by atoms with Gasteiger partial charge in [-0.2, -0.15) is 0 Å². The van der Waals surface area contributed by atoms with Crippen molar-refractivity contribution in [3.63, 3.8) is 0 Å². The molecular formula is C31H40N2O5S. The number of oxazole rings is 1. The molecule has 0 spiro atoms. The number of anilines is 1. The SMILES string of the molecule is CC(C)c1cccc(C(C)C)c1NC(=O)CCCCCSc1nc2cccc(C(=O)OCC3(C)COC3)c2o1. The molecule has 0 unspecified atom stereocenters. The topological polar surface area (TPSA) is 90.7 Å². The van der Waals surface area contributed by atoms with Crippen LogP contribution in [0.25, 0.3) is 11.1 Å². The second kappa shape index (κ2) is 13.0. The van der Waals surface area contributed by atoms with Gasteiger partial charge in [-0.05, 0) is 47.9 Å². The van der Waals surface area contributed by atoms with E-state index in [1.165, 1.54) is 22.9 Å². The smallest absolute Gasteiger partial charge is 0.342 e. The van der Waals surface area contributed by atoms with E-state index >= 15 is 0 Å². The number of ether oxygens (including phenoxy) is 2. The van der Waals surface area contributed by atoms with E-state index < -0.39 is 5.97 Å². The van der Waals surface area contributed by atoms with E-state index in [2.05, 4.69) is 56.2 Å². The Bertz CT molecular complexity index is 1270. The Morgan fingerprint density at radius 3 is 2.36 bits per heavy atom. The average molecular weight is 553 g/mol. The fourth-order valence-electron chi connectivity index (χ4n) is 4.62. The lowest BCUT2D eigenvalue weighted by Gasteiger charge is -2.37. The maximum atomic E-state index is 12.7. The quantitative estimate of drug-likeness (QED) is 0.133. The highest BCUT2D eigenvalue weighted by atomic mass is 32.2. The highest BCUT2D eigenvalue weighted by molar-refractivity contribution is 7.99. The third-order valence-electron chi connectivity index (χ3n) is 6.98. The number of amides is 1. The van der Waals surface area contributed by atoms with Gasteiger partial charge in [-0.3, -0.25) is 4.79 Å². The largest absolute Gasteiger partial charge is 0.461 e. The van der Waals surface area contributed by atoms with Crippen molar-refractivity contribution in [1.82, 2.24) is 4.98 Å². The van der Waals surface area contributed by atoms with Gasteiger partial charge in [-0.15, -0.1) is 0 Å². The van der Waals surface area contributed by atoms with Crippen LogP contribution in [0.4, 0.5) is 5.69 Å². The van der Waals surface area contributed by atoms with Crippen LogP contribution < -0.4 is 5.32 Å². The Kier molecular flexibility index (Phi) is 9.72. The Morgan fingerprint density at radius 1 is 1.03 bits per heavy atom. The number of nitrogens with one attached hydrogen (secondary N) is 1. The van der Waals surface area contributed by atoms with Gasteiger partial charge < -0.3 is 19.2 Å². The van der Waals surface area contributed by atoms with Crippen molar-refractivity contribution in [1.29, 1.82) is 0 Å². The number of aromatic nitrogens is 1. The summed E-state index contributed by atoms with van der Waals surface area (Å²) in [5.74, 6) is 1.16. The van der Waals surface area contributed by atoms with Gasteiger partial charge in [0.2, 0.25) is 5.91 Å². The Morgan fingerprint density at radius 2 is 1.72 bits per heavy atom. The van der Waals surface area contributed by atoms with Crippen LogP contribution in [0, 0.1) is 5.41 Å². The van der Waals surface area contributed by atoms with E-state index in [1.54, 1.807) is 12.1 Å². The van der Waals surface area contributed by atoms with Gasteiger partial charge in [0.25, 0.3) is 5.22 Å². The molecule has 0 aliphatic carbocycles. The summed E-state index contributed by atoms with van der Waals surface area (Å²) in [5, 5.41) is 3.73. The Hall–Kier alpha value is -2.84. The molecule has 4 rings (SSSR count). The summed E-state index contributed by atoms with van der Waals surface area (Å²) < 4.78 is 16.7. The molecule has 2 heterocycles. The van der Waals surface area contributed by atoms with Crippen LogP contribution >= 0.6 is 11.8 Å². The van der Waals surface area contributed by atoms with E-state index in [9.17, 15) is 9.59 Å². The summed E-state index contributed by atoms with van der Waals surface area (Å²) in [7, 11) is 0. The van der Waals surface area contributed by atoms with Crippen molar-refractivity contribution < 1.29 is 23.5 Å². The highest BCUT2D eigenvalue weighted by Crippen LogP contribution is 2.33. The summed E-state index contributed by atoms with van der Waals surface area (Å²) >= 11 is 1.52. The molecule has 7 nitrogen and oxygen atoms in total. The maximum absolute atomic E-state index is 12.7. The van der Waals surface area contributed by atoms with Crippen molar-refractivity contribution >= 4 is 40.4 Å². The molecule has 1 fully saturated rings. The number of nitrogens with zero attached hydrogens (tertiary/aromatic N) is 1. The molecule has 1 aliphatic rings. The monoisotopic (exact) mass is 552 g/mol. The first-order valence-corrected chi connectivity index (χ1v) is 14.9. The lowest BCUT2D eigenvalue weighted by atomic mass is 9.90. The molecule has 3 aromatic rings. The van der Waals surface area contributed by atoms with Crippen LogP contribution in [0.1, 0.15) is 93.6 Å². The first-order valence-electron chi connectivity index (χ1n) is 13.9. The molecule has 39 heavy (non-hydrogen) atoms. The summed E-state index contributed by atoms with van der Waals surface area (Å²) in [6, 6.07) is 11.6. The summed E-state index contributed by atoms with van der Waals surface area (Å²) in [6.07, 6.45) is 3.19. The molecule has 0 atom stereocenters. The minimum absolute atomic E-state index is 0.0647. The number of para-hydroxylation sites is 2. The van der Waals surface area contributed by atoms with Crippen molar-refractivity contribution in [2.24, 2.45) is 5.41 Å². The minimum Gasteiger partial charge on any atom is -0.461 e. The van der Waals surface area contributed by atoms with Crippen LogP contribution in [0.5, 0.6) is 0 Å². The zero-order valence-electron chi connectivity index (χ0n) is 23.7. The Labute approximate surface area is 235 Å². The molecule has 0 saturated carbocycles. The van der Waals surface area contributed by atoms with Crippen LogP contribution in [0.3, 0.4) is 0 Å². The van der Waals surface area contributed by atoms with Crippen molar-refractivity contribution in [3.8, 4) is 0 Å². The van der Waals surface area contributed by atoms with Crippen molar-refractivity contribution in [3.05, 3.63) is 53.1 Å². The molecule has 1 saturated heterocycles. The van der Waals surface area contributed by atoms with Gasteiger partial charge in [-0.1, -0.05) is 77.1 Å². The highest BCUT2D eigenvalue weighted by Gasteiger charge is 2.35. The van der Waals surface area contributed by atoms with E-state index in [-0.39, 0.29) is 11.3 Å². The molecule has 210 valence electrons. The van der Waals surface area contributed by atoms with Crippen molar-refractivity contribution in [2.75, 3.05) is 30.9 Å². The number of esters is 1. The van der Waals surface area contributed by atoms with E-state index in [4.69, 9.17) is 13.9 Å². The molecule has 8 heteroatoms. The fraction of sp³-hybridized carbons (Fsp3) is 0.516. The van der Waals surface area contributed by atoms with Crippen LogP contribution in [-0.4, -0.2) is 42.4 Å². The summed E-state index contributed by atoms with van der Waals surface area (Å²) in [5.41, 5.74) is 4.73. The zero-order valence-corrected chi connectivity index (χ0v) is 24.5. The van der Waals surface area contributed by atoms with Crippen LogP contribution in [-0.2, 0) is 14.3 Å². The maximum Gasteiger partial charge on any atom is 0.342 e. The van der Waals surface area contributed by atoms with E-state index in [0.717, 1.165) is 30.7 Å². The molecule has 1 aromatic heterocycles. The standard InChI is InChI=1S/C31H40N2O5S/c1-20(2)22-11-9-12-23(21(3)4)27(22)33-26(34)15-7-6-8-16-39-30-32-25-14-10-13-24(28(25)38-30)29(35)37-19-31(5)17-36-18-31/h9-14,20-21H,6-8,15-19H2,1-5H3,(H,33,34). The predicted molar refractivity (Wildman–Crippen MR) is 156 cm³/mol. The third kappa shape index (κ3) is 7.42. The third-order valence-corrected chi connectivity index (χ3v) is 7.89. The van der Waals surface area contributed by atoms with Gasteiger partial charge in [0.05, 0.1) is 13.2 Å². The normalized spacial score (nSPS) is 14.5. The number of hydrogen-bond donors (Lipinski definition) is 1. The molecule has 1 aliphatic heterocycles. The molecule has 1 N–H and O–H groups in total. The van der Waals surface area contributed by atoms with Crippen LogP contribution in [0.15, 0.2) is 46.0 Å². The number of rotatable bonds is 13. The molecular weight excluding hydrogens is 512 g/mol. The number of benzene rings is 2. The number of hydrogen-bond acceptors (Lipinski definition) is 7. The number of carbonyl (C=O) groups is 2. The lowest BCUT2D eigenvalue weighted by Crippen LogP contribution is -2.44. The molecule has 0 radical (unpaired) electrons. The van der Waals surface area contributed by atoms with Gasteiger partial charge in [0, 0.05) is 23.3 Å². The summed E-state index contributed by atoms with van der Waals surface area (Å²) in [4.78, 5) is 29.9. The average Bonchev–Trinajstić information content (AvgIpc) is 3.31. The molecule has 2 aromatic carbocycles. The molecule has 1 amide bonds. The molecule has 0 bridgehead atoms. The first-order chi connectivity index (χ1) is 18.7. The number of thioether (sulfide) groups is 1. The second-order valence-corrected chi connectivity index (χ2v) is 12.4. The van der Waals surface area contributed by atoms with Gasteiger partial charge in [0.1, 0.15) is 17.7 Å². The summed E-state index contributed by atoms with van der Waals surface area (Å²) in [6.45, 7) is 12.2. The number of unbranched alkanes of at least 4 members (excludes halogenated alkanes) is 2. The van der Waals surface area contributed by atoms with E-state index in [1.807, 2.05) is 13.0 Å². The van der Waals surface area contributed by atoms with Gasteiger partial charge in [0.15, 0.2) is 5.58 Å². The fourth-order valence-corrected chi connectivity index (χ4v) is 5.45. The minimum atomic E-state index is -0.406. The van der Waals surface area contributed by atoms with E-state index in [0.29, 0.717) is 60.0 Å². The van der Waals surface area contributed by atoms with Crippen LogP contribution in [0.2, 0.25) is 0 Å². The van der Waals surface area contributed by atoms with Gasteiger partial charge in [-0.25, -0.2) is 9.78 Å². The van der Waals surface area contributed by atoms with Gasteiger partial charge >= 0.3 is 5.97 Å². The van der Waals surface area contributed by atoms with Crippen molar-refractivity contribution in [2.45, 2.75) is 77.4 Å². The zero-order chi connectivity index (χ0) is 28.0. The Balaban J connectivity index is 1.23. The second-order valence-electron chi connectivity index (χ2n) is 11.3.